The van der Waals surface area contributed by atoms with E-state index in [0.29, 0.717) is 11.8 Å². The van der Waals surface area contributed by atoms with Gasteiger partial charge in [0.2, 0.25) is 0 Å². The molecule has 0 radical (unpaired) electrons. The highest BCUT2D eigenvalue weighted by molar-refractivity contribution is 5.66. The Bertz CT molecular complexity index is 1120. The van der Waals surface area contributed by atoms with Crippen molar-refractivity contribution in [1.82, 2.24) is 0 Å². The summed E-state index contributed by atoms with van der Waals surface area (Å²) in [6.45, 7) is 4.76. The van der Waals surface area contributed by atoms with E-state index in [0.717, 1.165) is 18.5 Å². The lowest BCUT2D eigenvalue weighted by Gasteiger charge is -2.44. The number of allylic oxidation sites excluding steroid dienone is 7. The summed E-state index contributed by atoms with van der Waals surface area (Å²) in [5.74, 6) is 1.20. The van der Waals surface area contributed by atoms with Crippen molar-refractivity contribution in [2.45, 2.75) is 57.4 Å². The van der Waals surface area contributed by atoms with Crippen molar-refractivity contribution in [2.75, 3.05) is 5.32 Å². The summed E-state index contributed by atoms with van der Waals surface area (Å²) in [6, 6.07) is 19.4. The molecule has 0 aromatic heterocycles. The predicted molar refractivity (Wildman–Crippen MR) is 145 cm³/mol. The second-order valence-electron chi connectivity index (χ2n) is 10.9. The number of nitrogens with one attached hydrogen (secondary N) is 1. The van der Waals surface area contributed by atoms with Crippen LogP contribution in [0.4, 0.5) is 11.4 Å². The summed E-state index contributed by atoms with van der Waals surface area (Å²) < 4.78 is 0. The van der Waals surface area contributed by atoms with Gasteiger partial charge in [-0.05, 0) is 67.7 Å². The zero-order chi connectivity index (χ0) is 23.6. The smallest absolute Gasteiger partial charge is 0.0425 e. The van der Waals surface area contributed by atoms with Crippen LogP contribution in [0.5, 0.6) is 0 Å². The second kappa shape index (κ2) is 9.43. The summed E-state index contributed by atoms with van der Waals surface area (Å²) in [7, 11) is 0. The fraction of sp³-hybridized carbons (Fsp3) is 0.375. The molecule has 0 spiro atoms. The highest BCUT2D eigenvalue weighted by Gasteiger charge is 2.40. The van der Waals surface area contributed by atoms with E-state index in [1.54, 1.807) is 0 Å². The van der Waals surface area contributed by atoms with Gasteiger partial charge in [-0.2, -0.15) is 0 Å². The first-order valence-electron chi connectivity index (χ1n) is 12.9. The van der Waals surface area contributed by atoms with Crippen LogP contribution in [-0.2, 0) is 5.41 Å². The lowest BCUT2D eigenvalue weighted by atomic mass is 9.62. The number of benzene rings is 2. The molecule has 5 atom stereocenters. The number of nitrogens with two attached hydrogens (primary N) is 1. The standard InChI is InChI=1S/C32H38N2/c1-31(21-19-27(29(33)23-31)24-12-5-3-6-13-24)25-14-11-20-32(2,22-25)28-17-9-10-18-30(28)34-26-15-7-4-8-16-26/h3-5,7-11,14-21,24,27,29,34H,6,12-13,22-23,33H2,1-2H3/t24?,27?,29?,31?,32-/m0/s1. The van der Waals surface area contributed by atoms with Gasteiger partial charge in [-0.1, -0.05) is 98.4 Å². The maximum absolute atomic E-state index is 6.85. The first kappa shape index (κ1) is 22.9. The van der Waals surface area contributed by atoms with E-state index in [1.807, 2.05) is 0 Å². The molecule has 0 amide bonds. The van der Waals surface area contributed by atoms with Gasteiger partial charge in [0, 0.05) is 28.2 Å². The van der Waals surface area contributed by atoms with Crippen LogP contribution >= 0.6 is 0 Å². The lowest BCUT2D eigenvalue weighted by Crippen LogP contribution is -2.43. The molecule has 176 valence electrons. The van der Waals surface area contributed by atoms with Crippen molar-refractivity contribution >= 4 is 11.4 Å². The van der Waals surface area contributed by atoms with Crippen LogP contribution in [0.3, 0.4) is 0 Å². The number of hydrogen-bond acceptors (Lipinski definition) is 2. The van der Waals surface area contributed by atoms with Gasteiger partial charge in [-0.15, -0.1) is 0 Å². The van der Waals surface area contributed by atoms with Crippen LogP contribution in [0.2, 0.25) is 0 Å². The molecule has 2 heteroatoms. The summed E-state index contributed by atoms with van der Waals surface area (Å²) in [6.07, 6.45) is 22.3. The Balaban J connectivity index is 1.39. The Kier molecular flexibility index (Phi) is 6.36. The van der Waals surface area contributed by atoms with Crippen molar-refractivity contribution in [3.8, 4) is 0 Å². The molecule has 0 fully saturated rings. The topological polar surface area (TPSA) is 38.0 Å². The molecule has 2 aromatic rings. The van der Waals surface area contributed by atoms with E-state index in [2.05, 4.69) is 116 Å². The Labute approximate surface area is 205 Å². The summed E-state index contributed by atoms with van der Waals surface area (Å²) in [4.78, 5) is 0. The Morgan fingerprint density at radius 2 is 1.71 bits per heavy atom. The third-order valence-electron chi connectivity index (χ3n) is 8.34. The van der Waals surface area contributed by atoms with Crippen molar-refractivity contribution in [2.24, 2.45) is 23.0 Å². The number of para-hydroxylation sites is 2. The van der Waals surface area contributed by atoms with E-state index >= 15 is 0 Å². The lowest BCUT2D eigenvalue weighted by molar-refractivity contribution is 0.246. The monoisotopic (exact) mass is 450 g/mol. The molecule has 0 saturated heterocycles. The van der Waals surface area contributed by atoms with E-state index in [9.17, 15) is 0 Å². The van der Waals surface area contributed by atoms with Gasteiger partial charge in [-0.25, -0.2) is 0 Å². The quantitative estimate of drug-likeness (QED) is 0.455. The van der Waals surface area contributed by atoms with Gasteiger partial charge in [0.25, 0.3) is 0 Å². The minimum Gasteiger partial charge on any atom is -0.355 e. The molecule has 0 heterocycles. The zero-order valence-corrected chi connectivity index (χ0v) is 20.6. The fourth-order valence-corrected chi connectivity index (χ4v) is 6.31. The Morgan fingerprint density at radius 3 is 2.47 bits per heavy atom. The van der Waals surface area contributed by atoms with Crippen molar-refractivity contribution in [1.29, 1.82) is 0 Å². The second-order valence-corrected chi connectivity index (χ2v) is 10.9. The average molecular weight is 451 g/mol. The molecule has 0 aliphatic heterocycles. The van der Waals surface area contributed by atoms with Crippen molar-refractivity contribution in [3.63, 3.8) is 0 Å². The maximum atomic E-state index is 6.85. The molecule has 34 heavy (non-hydrogen) atoms. The van der Waals surface area contributed by atoms with Gasteiger partial charge >= 0.3 is 0 Å². The summed E-state index contributed by atoms with van der Waals surface area (Å²) in [5.41, 5.74) is 11.9. The molecule has 3 aliphatic carbocycles. The van der Waals surface area contributed by atoms with Gasteiger partial charge in [0.15, 0.2) is 0 Å². The van der Waals surface area contributed by atoms with Crippen molar-refractivity contribution < 1.29 is 0 Å². The Morgan fingerprint density at radius 1 is 0.912 bits per heavy atom. The molecular weight excluding hydrogens is 412 g/mol. The fourth-order valence-electron chi connectivity index (χ4n) is 6.31. The molecule has 3 N–H and O–H groups in total. The Hall–Kier alpha value is -2.84. The minimum absolute atomic E-state index is 0.00818. The van der Waals surface area contributed by atoms with Crippen LogP contribution in [0.25, 0.3) is 0 Å². The van der Waals surface area contributed by atoms with Crippen LogP contribution in [0, 0.1) is 17.3 Å². The predicted octanol–water partition coefficient (Wildman–Crippen LogP) is 7.84. The minimum atomic E-state index is -0.0750. The molecule has 5 rings (SSSR count). The SMILES string of the molecule is CC1(C2=CC=C[C@](C)(c3ccccc3Nc3ccccc3)C2)C=CC(C2CC=CCC2)C(N)C1. The number of anilines is 2. The summed E-state index contributed by atoms with van der Waals surface area (Å²) in [5, 5.41) is 3.66. The van der Waals surface area contributed by atoms with E-state index in [1.165, 1.54) is 36.1 Å². The highest BCUT2D eigenvalue weighted by Crippen LogP contribution is 2.49. The number of hydrogen-bond donors (Lipinski definition) is 2. The normalized spacial score (nSPS) is 32.9. The molecule has 3 aliphatic rings. The van der Waals surface area contributed by atoms with Crippen LogP contribution < -0.4 is 11.1 Å². The molecule has 2 nitrogen and oxygen atoms in total. The van der Waals surface area contributed by atoms with Crippen molar-refractivity contribution in [3.05, 3.63) is 108 Å². The van der Waals surface area contributed by atoms with Gasteiger partial charge in [0.1, 0.15) is 0 Å². The summed E-state index contributed by atoms with van der Waals surface area (Å²) >= 11 is 0. The van der Waals surface area contributed by atoms with E-state index < -0.39 is 0 Å². The third kappa shape index (κ3) is 4.57. The van der Waals surface area contributed by atoms with Crippen LogP contribution in [-0.4, -0.2) is 6.04 Å². The number of rotatable bonds is 5. The molecular formula is C32H38N2. The molecule has 2 aromatic carbocycles. The van der Waals surface area contributed by atoms with Crippen LogP contribution in [0.1, 0.15) is 51.5 Å². The van der Waals surface area contributed by atoms with Gasteiger partial charge in [0.05, 0.1) is 0 Å². The highest BCUT2D eigenvalue weighted by atomic mass is 14.9. The first-order valence-corrected chi connectivity index (χ1v) is 12.9. The largest absolute Gasteiger partial charge is 0.355 e. The third-order valence-corrected chi connectivity index (χ3v) is 8.34. The van der Waals surface area contributed by atoms with E-state index in [-0.39, 0.29) is 16.9 Å². The molecule has 4 unspecified atom stereocenters. The van der Waals surface area contributed by atoms with Gasteiger partial charge in [-0.3, -0.25) is 0 Å². The molecule has 0 bridgehead atoms. The first-order chi connectivity index (χ1) is 16.5. The van der Waals surface area contributed by atoms with Gasteiger partial charge < -0.3 is 11.1 Å². The average Bonchev–Trinajstić information content (AvgIpc) is 2.86. The molecule has 0 saturated carbocycles. The van der Waals surface area contributed by atoms with E-state index in [4.69, 9.17) is 5.73 Å². The zero-order valence-electron chi connectivity index (χ0n) is 20.6. The maximum Gasteiger partial charge on any atom is 0.0425 e. The van der Waals surface area contributed by atoms with Crippen LogP contribution in [0.15, 0.2) is 103 Å².